The van der Waals surface area contributed by atoms with Gasteiger partial charge in [0.25, 0.3) is 5.69 Å². The molecular formula is C16H19N3O4. The highest BCUT2D eigenvalue weighted by atomic mass is 16.6. The minimum atomic E-state index is -0.731. The van der Waals surface area contributed by atoms with Gasteiger partial charge >= 0.3 is 0 Å². The first-order valence-electron chi connectivity index (χ1n) is 7.18. The quantitative estimate of drug-likeness (QED) is 0.601. The molecule has 2 rings (SSSR count). The average molecular weight is 317 g/mol. The van der Waals surface area contributed by atoms with Crippen molar-refractivity contribution < 1.29 is 14.8 Å². The summed E-state index contributed by atoms with van der Waals surface area (Å²) in [6.45, 7) is 4.28. The van der Waals surface area contributed by atoms with E-state index < -0.39 is 11.0 Å². The number of anilines is 1. The second-order valence-electron chi connectivity index (χ2n) is 5.23. The predicted octanol–water partition coefficient (Wildman–Crippen LogP) is 2.46. The number of benzene rings is 1. The first kappa shape index (κ1) is 16.7. The van der Waals surface area contributed by atoms with Gasteiger partial charge in [-0.2, -0.15) is 0 Å². The van der Waals surface area contributed by atoms with Gasteiger partial charge in [0.15, 0.2) is 0 Å². The maximum absolute atomic E-state index is 10.5. The van der Waals surface area contributed by atoms with E-state index in [0.717, 1.165) is 16.9 Å². The van der Waals surface area contributed by atoms with E-state index in [1.807, 2.05) is 32.0 Å². The number of aliphatic hydroxyl groups excluding tert-OH is 1. The van der Waals surface area contributed by atoms with Crippen molar-refractivity contribution in [3.8, 4) is 5.75 Å². The summed E-state index contributed by atoms with van der Waals surface area (Å²) in [5, 5.41) is 23.4. The van der Waals surface area contributed by atoms with Crippen molar-refractivity contribution >= 4 is 11.5 Å². The summed E-state index contributed by atoms with van der Waals surface area (Å²) >= 11 is 0. The first-order chi connectivity index (χ1) is 11.0. The first-order valence-corrected chi connectivity index (χ1v) is 7.18. The number of pyridine rings is 1. The highest BCUT2D eigenvalue weighted by molar-refractivity contribution is 5.41. The molecule has 0 amide bonds. The van der Waals surface area contributed by atoms with Gasteiger partial charge in [-0.1, -0.05) is 18.2 Å². The molecule has 0 radical (unpaired) electrons. The Morgan fingerprint density at radius 2 is 2.00 bits per heavy atom. The molecule has 0 saturated carbocycles. The third kappa shape index (κ3) is 4.65. The number of nitrogens with zero attached hydrogens (tertiary/aromatic N) is 2. The maximum Gasteiger partial charge on any atom is 0.287 e. The molecule has 0 spiro atoms. The summed E-state index contributed by atoms with van der Waals surface area (Å²) in [7, 11) is 0. The van der Waals surface area contributed by atoms with Crippen molar-refractivity contribution in [1.82, 2.24) is 4.98 Å². The summed E-state index contributed by atoms with van der Waals surface area (Å²) in [6, 6.07) is 8.71. The van der Waals surface area contributed by atoms with Gasteiger partial charge in [-0.05, 0) is 31.0 Å². The third-order valence-corrected chi connectivity index (χ3v) is 3.31. The van der Waals surface area contributed by atoms with E-state index in [-0.39, 0.29) is 18.8 Å². The zero-order valence-corrected chi connectivity index (χ0v) is 13.0. The second kappa shape index (κ2) is 7.55. The summed E-state index contributed by atoms with van der Waals surface area (Å²) < 4.78 is 5.67. The molecule has 0 unspecified atom stereocenters. The van der Waals surface area contributed by atoms with Crippen LogP contribution in [0, 0.1) is 24.0 Å². The van der Waals surface area contributed by atoms with E-state index in [1.165, 1.54) is 18.3 Å². The SMILES string of the molecule is Cc1cccc(C)c1OC[C@@H](O)CNc1ccc([N+](=O)[O-])cn1. The van der Waals surface area contributed by atoms with Crippen molar-refractivity contribution in [3.05, 3.63) is 57.8 Å². The Morgan fingerprint density at radius 1 is 1.30 bits per heavy atom. The lowest BCUT2D eigenvalue weighted by Crippen LogP contribution is -2.26. The molecular weight excluding hydrogens is 298 g/mol. The van der Waals surface area contributed by atoms with Gasteiger partial charge < -0.3 is 15.2 Å². The number of aromatic nitrogens is 1. The summed E-state index contributed by atoms with van der Waals surface area (Å²) in [5.41, 5.74) is 1.96. The van der Waals surface area contributed by atoms with Gasteiger partial charge in [0.1, 0.15) is 30.5 Å². The average Bonchev–Trinajstić information content (AvgIpc) is 2.53. The van der Waals surface area contributed by atoms with Gasteiger partial charge in [0, 0.05) is 12.6 Å². The molecule has 1 aromatic heterocycles. The van der Waals surface area contributed by atoms with Crippen molar-refractivity contribution in [2.75, 3.05) is 18.5 Å². The van der Waals surface area contributed by atoms with E-state index >= 15 is 0 Å². The number of aryl methyl sites for hydroxylation is 2. The van der Waals surface area contributed by atoms with Crippen LogP contribution in [0.1, 0.15) is 11.1 Å². The van der Waals surface area contributed by atoms with Gasteiger partial charge in [-0.25, -0.2) is 4.98 Å². The number of hydrogen-bond acceptors (Lipinski definition) is 6. The maximum atomic E-state index is 10.5. The number of aliphatic hydroxyl groups is 1. The zero-order valence-electron chi connectivity index (χ0n) is 13.0. The fourth-order valence-electron chi connectivity index (χ4n) is 2.09. The zero-order chi connectivity index (χ0) is 16.8. The van der Waals surface area contributed by atoms with Crippen LogP contribution in [0.3, 0.4) is 0 Å². The number of para-hydroxylation sites is 1. The van der Waals surface area contributed by atoms with Crippen LogP contribution in [-0.2, 0) is 0 Å². The van der Waals surface area contributed by atoms with E-state index in [1.54, 1.807) is 0 Å². The molecule has 0 saturated heterocycles. The normalized spacial score (nSPS) is 11.8. The molecule has 7 heteroatoms. The van der Waals surface area contributed by atoms with Crippen LogP contribution in [0.5, 0.6) is 5.75 Å². The molecule has 0 aliphatic rings. The van der Waals surface area contributed by atoms with Crippen molar-refractivity contribution in [2.45, 2.75) is 20.0 Å². The molecule has 122 valence electrons. The van der Waals surface area contributed by atoms with E-state index in [2.05, 4.69) is 10.3 Å². The summed E-state index contributed by atoms with van der Waals surface area (Å²) in [6.07, 6.45) is 0.438. The topological polar surface area (TPSA) is 97.5 Å². The third-order valence-electron chi connectivity index (χ3n) is 3.31. The largest absolute Gasteiger partial charge is 0.490 e. The molecule has 2 N–H and O–H groups in total. The molecule has 7 nitrogen and oxygen atoms in total. The number of ether oxygens (including phenoxy) is 1. The van der Waals surface area contributed by atoms with Crippen molar-refractivity contribution in [2.24, 2.45) is 0 Å². The van der Waals surface area contributed by atoms with Crippen LogP contribution in [0.25, 0.3) is 0 Å². The van der Waals surface area contributed by atoms with E-state index in [4.69, 9.17) is 4.74 Å². The minimum Gasteiger partial charge on any atom is -0.490 e. The monoisotopic (exact) mass is 317 g/mol. The Labute approximate surface area is 134 Å². The van der Waals surface area contributed by atoms with Crippen LogP contribution in [0.2, 0.25) is 0 Å². The Kier molecular flexibility index (Phi) is 5.48. The molecule has 0 aliphatic heterocycles. The smallest absolute Gasteiger partial charge is 0.287 e. The summed E-state index contributed by atoms with van der Waals surface area (Å²) in [4.78, 5) is 13.9. The Hall–Kier alpha value is -2.67. The summed E-state index contributed by atoms with van der Waals surface area (Å²) in [5.74, 6) is 1.24. The Morgan fingerprint density at radius 3 is 2.57 bits per heavy atom. The van der Waals surface area contributed by atoms with Crippen LogP contribution in [-0.4, -0.2) is 34.3 Å². The fraction of sp³-hybridized carbons (Fsp3) is 0.312. The van der Waals surface area contributed by atoms with Gasteiger partial charge in [0.05, 0.1) is 4.92 Å². The van der Waals surface area contributed by atoms with Crippen LogP contribution >= 0.6 is 0 Å². The number of nitrogens with one attached hydrogen (secondary N) is 1. The number of hydrogen-bond donors (Lipinski definition) is 2. The molecule has 0 aliphatic carbocycles. The second-order valence-corrected chi connectivity index (χ2v) is 5.23. The highest BCUT2D eigenvalue weighted by Crippen LogP contribution is 2.22. The Balaban J connectivity index is 1.83. The lowest BCUT2D eigenvalue weighted by molar-refractivity contribution is -0.385. The van der Waals surface area contributed by atoms with E-state index in [9.17, 15) is 15.2 Å². The van der Waals surface area contributed by atoms with Crippen molar-refractivity contribution in [1.29, 1.82) is 0 Å². The molecule has 1 aromatic carbocycles. The van der Waals surface area contributed by atoms with E-state index in [0.29, 0.717) is 5.82 Å². The molecule has 23 heavy (non-hydrogen) atoms. The van der Waals surface area contributed by atoms with Gasteiger partial charge in [-0.3, -0.25) is 10.1 Å². The lowest BCUT2D eigenvalue weighted by atomic mass is 10.1. The lowest BCUT2D eigenvalue weighted by Gasteiger charge is -2.16. The van der Waals surface area contributed by atoms with Gasteiger partial charge in [-0.15, -0.1) is 0 Å². The number of rotatable bonds is 7. The molecule has 1 atom stereocenters. The van der Waals surface area contributed by atoms with Gasteiger partial charge in [0.2, 0.25) is 0 Å². The van der Waals surface area contributed by atoms with Crippen molar-refractivity contribution in [3.63, 3.8) is 0 Å². The molecule has 0 fully saturated rings. The van der Waals surface area contributed by atoms with Crippen LogP contribution in [0.15, 0.2) is 36.5 Å². The minimum absolute atomic E-state index is 0.0746. The molecule has 1 heterocycles. The Bertz CT molecular complexity index is 653. The standard InChI is InChI=1S/C16H19N3O4/c1-11-4-3-5-12(2)16(11)23-10-14(20)9-18-15-7-6-13(8-17-15)19(21)22/h3-8,14,20H,9-10H2,1-2H3,(H,17,18)/t14-/m0/s1. The highest BCUT2D eigenvalue weighted by Gasteiger charge is 2.10. The molecule has 2 aromatic rings. The fourth-order valence-corrected chi connectivity index (χ4v) is 2.09. The number of nitro groups is 1. The van der Waals surface area contributed by atoms with Crippen LogP contribution in [0.4, 0.5) is 11.5 Å². The predicted molar refractivity (Wildman–Crippen MR) is 86.8 cm³/mol. The van der Waals surface area contributed by atoms with Crippen LogP contribution < -0.4 is 10.1 Å². The molecule has 0 bridgehead atoms.